The summed E-state index contributed by atoms with van der Waals surface area (Å²) in [4.78, 5) is 15.1. The van der Waals surface area contributed by atoms with Gasteiger partial charge in [-0.05, 0) is 37.3 Å². The molecule has 0 fully saturated rings. The number of hydrogen-bond acceptors (Lipinski definition) is 5. The Balaban J connectivity index is 2.24. The Labute approximate surface area is 117 Å². The van der Waals surface area contributed by atoms with Crippen molar-refractivity contribution >= 4 is 15.6 Å². The molecule has 0 atom stereocenters. The summed E-state index contributed by atoms with van der Waals surface area (Å²) in [5.41, 5.74) is 0.579. The van der Waals surface area contributed by atoms with E-state index in [4.69, 9.17) is 4.74 Å². The van der Waals surface area contributed by atoms with Crippen LogP contribution in [-0.2, 0) is 9.84 Å². The molecular weight excluding hydrogens is 278 g/mol. The van der Waals surface area contributed by atoms with Gasteiger partial charge in [-0.3, -0.25) is 4.79 Å². The van der Waals surface area contributed by atoms with Crippen molar-refractivity contribution < 1.29 is 17.9 Å². The van der Waals surface area contributed by atoms with Gasteiger partial charge in [0.1, 0.15) is 5.75 Å². The fraction of sp³-hybridized carbons (Fsp3) is 0.143. The van der Waals surface area contributed by atoms with Crippen molar-refractivity contribution in [2.75, 3.05) is 6.26 Å². The van der Waals surface area contributed by atoms with E-state index in [1.807, 2.05) is 0 Å². The molecule has 0 aliphatic rings. The van der Waals surface area contributed by atoms with Gasteiger partial charge in [-0.2, -0.15) is 0 Å². The summed E-state index contributed by atoms with van der Waals surface area (Å²) < 4.78 is 28.3. The van der Waals surface area contributed by atoms with E-state index < -0.39 is 9.84 Å². The van der Waals surface area contributed by atoms with Crippen LogP contribution in [0, 0.1) is 0 Å². The SMILES string of the molecule is CC(=O)c1ccc(Oc2cccc(S(C)(=O)=O)n2)cc1. The molecule has 1 aromatic heterocycles. The Morgan fingerprint density at radius 2 is 1.75 bits per heavy atom. The molecular formula is C14H13NO4S. The Morgan fingerprint density at radius 1 is 1.10 bits per heavy atom. The Kier molecular flexibility index (Phi) is 3.85. The minimum absolute atomic E-state index is 0.0336. The lowest BCUT2D eigenvalue weighted by molar-refractivity contribution is 0.101. The minimum atomic E-state index is -3.37. The van der Waals surface area contributed by atoms with Crippen molar-refractivity contribution in [3.8, 4) is 11.6 Å². The molecule has 104 valence electrons. The molecule has 0 aliphatic carbocycles. The second-order valence-corrected chi connectivity index (χ2v) is 6.23. The van der Waals surface area contributed by atoms with Crippen molar-refractivity contribution in [1.82, 2.24) is 4.98 Å². The second-order valence-electron chi connectivity index (χ2n) is 4.27. The molecule has 0 N–H and O–H groups in total. The third kappa shape index (κ3) is 3.42. The first-order valence-corrected chi connectivity index (χ1v) is 7.71. The highest BCUT2D eigenvalue weighted by Crippen LogP contribution is 2.21. The highest BCUT2D eigenvalue weighted by molar-refractivity contribution is 7.90. The number of aromatic nitrogens is 1. The summed E-state index contributed by atoms with van der Waals surface area (Å²) in [5.74, 6) is 0.630. The predicted molar refractivity (Wildman–Crippen MR) is 73.9 cm³/mol. The molecule has 6 heteroatoms. The van der Waals surface area contributed by atoms with Crippen LogP contribution in [0.1, 0.15) is 17.3 Å². The zero-order valence-corrected chi connectivity index (χ0v) is 11.8. The maximum absolute atomic E-state index is 11.4. The van der Waals surface area contributed by atoms with E-state index in [0.29, 0.717) is 11.3 Å². The van der Waals surface area contributed by atoms with Gasteiger partial charge >= 0.3 is 0 Å². The average Bonchev–Trinajstić information content (AvgIpc) is 2.38. The molecule has 1 heterocycles. The van der Waals surface area contributed by atoms with Crippen LogP contribution in [0.15, 0.2) is 47.5 Å². The molecule has 0 bridgehead atoms. The molecule has 2 rings (SSSR count). The van der Waals surface area contributed by atoms with E-state index in [0.717, 1.165) is 6.26 Å². The van der Waals surface area contributed by atoms with Gasteiger partial charge < -0.3 is 4.74 Å². The third-order valence-corrected chi connectivity index (χ3v) is 3.55. The number of ketones is 1. The molecule has 20 heavy (non-hydrogen) atoms. The van der Waals surface area contributed by atoms with Gasteiger partial charge in [0.05, 0.1) is 0 Å². The fourth-order valence-electron chi connectivity index (χ4n) is 1.54. The van der Waals surface area contributed by atoms with Crippen LogP contribution in [0.5, 0.6) is 11.6 Å². The van der Waals surface area contributed by atoms with Crippen molar-refractivity contribution in [3.05, 3.63) is 48.0 Å². The minimum Gasteiger partial charge on any atom is -0.439 e. The first kappa shape index (κ1) is 14.2. The van der Waals surface area contributed by atoms with Gasteiger partial charge in [0.2, 0.25) is 5.88 Å². The van der Waals surface area contributed by atoms with Crippen molar-refractivity contribution in [1.29, 1.82) is 0 Å². The average molecular weight is 291 g/mol. The quantitative estimate of drug-likeness (QED) is 0.809. The smallest absolute Gasteiger partial charge is 0.220 e. The number of ether oxygens (including phenoxy) is 1. The summed E-state index contributed by atoms with van der Waals surface area (Å²) >= 11 is 0. The number of Topliss-reactive ketones (excluding diaryl/α,β-unsaturated/α-hetero) is 1. The highest BCUT2D eigenvalue weighted by atomic mass is 32.2. The Bertz CT molecular complexity index is 736. The number of nitrogens with zero attached hydrogens (tertiary/aromatic N) is 1. The number of carbonyl (C=O) groups excluding carboxylic acids is 1. The molecule has 0 saturated carbocycles. The zero-order valence-electron chi connectivity index (χ0n) is 11.0. The fourth-order valence-corrected chi connectivity index (χ4v) is 2.12. The topological polar surface area (TPSA) is 73.3 Å². The molecule has 5 nitrogen and oxygen atoms in total. The van der Waals surface area contributed by atoms with Crippen LogP contribution < -0.4 is 4.74 Å². The lowest BCUT2D eigenvalue weighted by atomic mass is 10.1. The Morgan fingerprint density at radius 3 is 2.30 bits per heavy atom. The van der Waals surface area contributed by atoms with Crippen LogP contribution in [-0.4, -0.2) is 25.4 Å². The van der Waals surface area contributed by atoms with Crippen LogP contribution in [0.2, 0.25) is 0 Å². The van der Waals surface area contributed by atoms with Gasteiger partial charge in [0.25, 0.3) is 0 Å². The second kappa shape index (κ2) is 5.42. The van der Waals surface area contributed by atoms with Gasteiger partial charge in [-0.1, -0.05) is 6.07 Å². The Hall–Kier alpha value is -2.21. The largest absolute Gasteiger partial charge is 0.439 e. The molecule has 0 unspecified atom stereocenters. The van der Waals surface area contributed by atoms with Crippen molar-refractivity contribution in [2.24, 2.45) is 0 Å². The van der Waals surface area contributed by atoms with E-state index >= 15 is 0 Å². The molecule has 0 amide bonds. The van der Waals surface area contributed by atoms with Crippen LogP contribution >= 0.6 is 0 Å². The number of carbonyl (C=O) groups is 1. The summed E-state index contributed by atoms with van der Waals surface area (Å²) in [6.45, 7) is 1.48. The van der Waals surface area contributed by atoms with E-state index in [2.05, 4.69) is 4.98 Å². The van der Waals surface area contributed by atoms with Gasteiger partial charge in [0, 0.05) is 17.9 Å². The third-order valence-electron chi connectivity index (χ3n) is 2.56. The van der Waals surface area contributed by atoms with Crippen LogP contribution in [0.25, 0.3) is 0 Å². The maximum atomic E-state index is 11.4. The molecule has 0 radical (unpaired) electrons. The summed E-state index contributed by atoms with van der Waals surface area (Å²) in [7, 11) is -3.37. The predicted octanol–water partition coefficient (Wildman–Crippen LogP) is 2.48. The van der Waals surface area contributed by atoms with Crippen LogP contribution in [0.3, 0.4) is 0 Å². The maximum Gasteiger partial charge on any atom is 0.220 e. The number of rotatable bonds is 4. The van der Waals surface area contributed by atoms with Gasteiger partial charge in [-0.25, -0.2) is 13.4 Å². The van der Waals surface area contributed by atoms with Crippen molar-refractivity contribution in [3.63, 3.8) is 0 Å². The molecule has 2 aromatic rings. The number of hydrogen-bond donors (Lipinski definition) is 0. The van der Waals surface area contributed by atoms with E-state index in [1.54, 1.807) is 36.4 Å². The normalized spacial score (nSPS) is 11.1. The summed E-state index contributed by atoms with van der Waals surface area (Å²) in [6, 6.07) is 11.1. The zero-order chi connectivity index (χ0) is 14.8. The molecule has 0 saturated heterocycles. The standard InChI is InChI=1S/C14H13NO4S/c1-10(16)11-6-8-12(9-7-11)19-13-4-3-5-14(15-13)20(2,17)18/h3-9H,1-2H3. The van der Waals surface area contributed by atoms with Gasteiger partial charge in [-0.15, -0.1) is 0 Å². The van der Waals surface area contributed by atoms with Crippen LogP contribution in [0.4, 0.5) is 0 Å². The lowest BCUT2D eigenvalue weighted by Crippen LogP contribution is -2.01. The van der Waals surface area contributed by atoms with Gasteiger partial charge in [0.15, 0.2) is 20.6 Å². The van der Waals surface area contributed by atoms with E-state index in [-0.39, 0.29) is 16.7 Å². The van der Waals surface area contributed by atoms with E-state index in [1.165, 1.54) is 13.0 Å². The first-order chi connectivity index (χ1) is 9.36. The summed E-state index contributed by atoms with van der Waals surface area (Å²) in [6.07, 6.45) is 1.08. The van der Waals surface area contributed by atoms with E-state index in [9.17, 15) is 13.2 Å². The molecule has 1 aromatic carbocycles. The number of benzene rings is 1. The number of sulfone groups is 1. The summed E-state index contributed by atoms with van der Waals surface area (Å²) in [5, 5.41) is -0.0460. The first-order valence-electron chi connectivity index (χ1n) is 5.82. The molecule has 0 aliphatic heterocycles. The van der Waals surface area contributed by atoms with Crippen molar-refractivity contribution in [2.45, 2.75) is 11.9 Å². The monoisotopic (exact) mass is 291 g/mol. The number of pyridine rings is 1. The highest BCUT2D eigenvalue weighted by Gasteiger charge is 2.10. The molecule has 0 spiro atoms. The lowest BCUT2D eigenvalue weighted by Gasteiger charge is -2.06.